The number of halogens is 3. The average molecular weight is 457 g/mol. The van der Waals surface area contributed by atoms with Crippen LogP contribution in [0.1, 0.15) is 26.4 Å². The molecular weight excluding hydrogens is 441 g/mol. The van der Waals surface area contributed by atoms with Gasteiger partial charge in [-0.2, -0.15) is 0 Å². The second-order valence-corrected chi connectivity index (χ2v) is 8.68. The summed E-state index contributed by atoms with van der Waals surface area (Å²) in [5.74, 6) is -1.12. The molecule has 1 N–H and O–H groups in total. The summed E-state index contributed by atoms with van der Waals surface area (Å²) >= 11 is 19.6. The predicted molar refractivity (Wildman–Crippen MR) is 116 cm³/mol. The molecule has 0 saturated carbocycles. The van der Waals surface area contributed by atoms with Crippen molar-refractivity contribution in [1.82, 2.24) is 0 Å². The summed E-state index contributed by atoms with van der Waals surface area (Å²) < 4.78 is 5.82. The quantitative estimate of drug-likeness (QED) is 0.451. The number of benzene rings is 2. The highest BCUT2D eigenvalue weighted by atomic mass is 35.5. The van der Waals surface area contributed by atoms with E-state index in [0.717, 1.165) is 28.0 Å². The number of hydrogen-bond acceptors (Lipinski definition) is 4. The minimum absolute atomic E-state index is 0.177. The van der Waals surface area contributed by atoms with Gasteiger partial charge >= 0.3 is 5.97 Å². The Balaban J connectivity index is 1.72. The van der Waals surface area contributed by atoms with Gasteiger partial charge < -0.3 is 10.1 Å². The Morgan fingerprint density at radius 1 is 1.04 bits per heavy atom. The lowest BCUT2D eigenvalue weighted by molar-refractivity contribution is -0.119. The number of rotatable bonds is 4. The van der Waals surface area contributed by atoms with Gasteiger partial charge in [-0.05, 0) is 44.0 Å². The highest BCUT2D eigenvalue weighted by Gasteiger charge is 2.21. The van der Waals surface area contributed by atoms with Gasteiger partial charge in [0, 0.05) is 20.8 Å². The molecule has 28 heavy (non-hydrogen) atoms. The first-order valence-electron chi connectivity index (χ1n) is 8.29. The van der Waals surface area contributed by atoms with E-state index in [0.29, 0.717) is 25.8 Å². The molecule has 0 aliphatic heterocycles. The van der Waals surface area contributed by atoms with Crippen LogP contribution in [-0.4, -0.2) is 18.5 Å². The minimum atomic E-state index is -0.689. The van der Waals surface area contributed by atoms with Crippen molar-refractivity contribution in [3.05, 3.63) is 60.9 Å². The van der Waals surface area contributed by atoms with Gasteiger partial charge in [-0.15, -0.1) is 11.3 Å². The van der Waals surface area contributed by atoms with Gasteiger partial charge in [0.1, 0.15) is 4.88 Å². The van der Waals surface area contributed by atoms with E-state index in [1.807, 2.05) is 32.9 Å². The van der Waals surface area contributed by atoms with Crippen LogP contribution in [0.4, 0.5) is 5.69 Å². The monoisotopic (exact) mass is 455 g/mol. The number of anilines is 1. The molecule has 8 heteroatoms. The number of thiophene rings is 1. The molecule has 0 fully saturated rings. The van der Waals surface area contributed by atoms with Crippen molar-refractivity contribution in [2.24, 2.45) is 0 Å². The smallest absolute Gasteiger partial charge is 0.350 e. The first kappa shape index (κ1) is 20.9. The van der Waals surface area contributed by atoms with Crippen molar-refractivity contribution in [3.63, 3.8) is 0 Å². The number of carbonyl (C=O) groups is 2. The summed E-state index contributed by atoms with van der Waals surface area (Å²) in [5.41, 5.74) is 3.71. The Kier molecular flexibility index (Phi) is 6.20. The Labute approximate surface area is 181 Å². The molecule has 0 spiro atoms. The van der Waals surface area contributed by atoms with Crippen LogP contribution >= 0.6 is 46.1 Å². The third kappa shape index (κ3) is 4.28. The molecule has 1 heterocycles. The molecule has 0 radical (unpaired) electrons. The zero-order valence-electron chi connectivity index (χ0n) is 15.3. The van der Waals surface area contributed by atoms with E-state index in [-0.39, 0.29) is 9.90 Å². The van der Waals surface area contributed by atoms with E-state index in [4.69, 9.17) is 39.5 Å². The van der Waals surface area contributed by atoms with E-state index < -0.39 is 18.5 Å². The highest BCUT2D eigenvalue weighted by Crippen LogP contribution is 2.41. The summed E-state index contributed by atoms with van der Waals surface area (Å²) in [5, 5.41) is 4.32. The van der Waals surface area contributed by atoms with Gasteiger partial charge in [0.05, 0.1) is 10.0 Å². The van der Waals surface area contributed by atoms with E-state index in [1.54, 1.807) is 12.1 Å². The summed E-state index contributed by atoms with van der Waals surface area (Å²) in [6, 6.07) is 7.17. The lowest BCUT2D eigenvalue weighted by atomic mass is 10.1. The van der Waals surface area contributed by atoms with Gasteiger partial charge in [-0.3, -0.25) is 4.79 Å². The van der Waals surface area contributed by atoms with Crippen LogP contribution in [-0.2, 0) is 9.53 Å². The Hall–Kier alpha value is -1.79. The van der Waals surface area contributed by atoms with E-state index in [9.17, 15) is 9.59 Å². The van der Waals surface area contributed by atoms with Crippen LogP contribution in [0.5, 0.6) is 0 Å². The molecule has 0 saturated heterocycles. The zero-order valence-corrected chi connectivity index (χ0v) is 18.4. The fraction of sp³-hybridized carbons (Fsp3) is 0.200. The van der Waals surface area contributed by atoms with Gasteiger partial charge in [-0.1, -0.05) is 52.5 Å². The first-order valence-corrected chi connectivity index (χ1v) is 10.2. The summed E-state index contributed by atoms with van der Waals surface area (Å²) in [4.78, 5) is 24.8. The van der Waals surface area contributed by atoms with Gasteiger partial charge in [0.2, 0.25) is 0 Å². The fourth-order valence-corrected chi connectivity index (χ4v) is 5.26. The second kappa shape index (κ2) is 8.29. The average Bonchev–Trinajstić information content (AvgIpc) is 2.92. The molecule has 0 aliphatic carbocycles. The molecular formula is C20H16Cl3NO3S. The predicted octanol–water partition coefficient (Wildman–Crippen LogP) is 6.58. The van der Waals surface area contributed by atoms with Crippen LogP contribution in [0.15, 0.2) is 24.3 Å². The van der Waals surface area contributed by atoms with E-state index in [1.165, 1.54) is 0 Å². The minimum Gasteiger partial charge on any atom is -0.451 e. The number of esters is 1. The maximum atomic E-state index is 12.4. The molecule has 4 nitrogen and oxygen atoms in total. The first-order chi connectivity index (χ1) is 13.2. The highest BCUT2D eigenvalue weighted by molar-refractivity contribution is 7.21. The number of ether oxygens (including phenoxy) is 1. The number of carbonyl (C=O) groups excluding carboxylic acids is 2. The molecule has 1 amide bonds. The van der Waals surface area contributed by atoms with Crippen molar-refractivity contribution < 1.29 is 14.3 Å². The number of hydrogen-bond donors (Lipinski definition) is 1. The lowest BCUT2D eigenvalue weighted by Gasteiger charge is -2.12. The van der Waals surface area contributed by atoms with Crippen molar-refractivity contribution >= 4 is 73.8 Å². The summed E-state index contributed by atoms with van der Waals surface area (Å²) in [7, 11) is 0. The maximum Gasteiger partial charge on any atom is 0.350 e. The van der Waals surface area contributed by atoms with Crippen LogP contribution in [0.2, 0.25) is 15.1 Å². The molecule has 2 aromatic carbocycles. The largest absolute Gasteiger partial charge is 0.451 e. The van der Waals surface area contributed by atoms with Crippen LogP contribution in [0, 0.1) is 20.8 Å². The summed E-state index contributed by atoms with van der Waals surface area (Å²) in [6.45, 7) is 5.38. The molecule has 0 atom stereocenters. The van der Waals surface area contributed by atoms with Crippen molar-refractivity contribution in [3.8, 4) is 0 Å². The molecule has 3 rings (SSSR count). The Morgan fingerprint density at radius 3 is 2.32 bits per heavy atom. The van der Waals surface area contributed by atoms with Crippen LogP contribution in [0.3, 0.4) is 0 Å². The standard InChI is InChI=1S/C20H16Cl3NO3S/c1-9-4-10(2)18(11(3)5-9)24-15(25)8-27-20(26)19-17(23)16-13(22)6-12(21)7-14(16)28-19/h4-7H,8H2,1-3H3,(H,24,25). The molecule has 3 aromatic rings. The second-order valence-electron chi connectivity index (χ2n) is 6.40. The number of nitrogens with one attached hydrogen (secondary N) is 1. The molecule has 0 aliphatic rings. The maximum absolute atomic E-state index is 12.4. The lowest BCUT2D eigenvalue weighted by Crippen LogP contribution is -2.21. The van der Waals surface area contributed by atoms with Crippen LogP contribution < -0.4 is 5.32 Å². The number of aryl methyl sites for hydroxylation is 3. The molecule has 1 aromatic heterocycles. The van der Waals surface area contributed by atoms with Gasteiger partial charge in [0.15, 0.2) is 6.61 Å². The third-order valence-corrected chi connectivity index (χ3v) is 6.23. The normalized spacial score (nSPS) is 10.9. The van der Waals surface area contributed by atoms with Gasteiger partial charge in [-0.25, -0.2) is 4.79 Å². The molecule has 0 unspecified atom stereocenters. The number of fused-ring (bicyclic) bond motifs is 1. The Bertz CT molecular complexity index is 1080. The van der Waals surface area contributed by atoms with E-state index >= 15 is 0 Å². The summed E-state index contributed by atoms with van der Waals surface area (Å²) in [6.07, 6.45) is 0. The van der Waals surface area contributed by atoms with E-state index in [2.05, 4.69) is 5.32 Å². The Morgan fingerprint density at radius 2 is 1.68 bits per heavy atom. The van der Waals surface area contributed by atoms with Crippen molar-refractivity contribution in [2.45, 2.75) is 20.8 Å². The van der Waals surface area contributed by atoms with Gasteiger partial charge in [0.25, 0.3) is 5.91 Å². The fourth-order valence-electron chi connectivity index (χ4n) is 2.99. The number of amides is 1. The molecule has 146 valence electrons. The van der Waals surface area contributed by atoms with Crippen molar-refractivity contribution in [1.29, 1.82) is 0 Å². The van der Waals surface area contributed by atoms with Crippen molar-refractivity contribution in [2.75, 3.05) is 11.9 Å². The topological polar surface area (TPSA) is 55.4 Å². The third-order valence-electron chi connectivity index (χ3n) is 4.11. The molecule has 0 bridgehead atoms. The zero-order chi connectivity index (χ0) is 20.6. The SMILES string of the molecule is Cc1cc(C)c(NC(=O)COC(=O)c2sc3cc(Cl)cc(Cl)c3c2Cl)c(C)c1. The van der Waals surface area contributed by atoms with Crippen LogP contribution in [0.25, 0.3) is 10.1 Å².